The van der Waals surface area contributed by atoms with Crippen LogP contribution in [-0.4, -0.2) is 26.1 Å². The largest absolute Gasteiger partial charge is 0.373 e. The molecule has 0 bridgehead atoms. The van der Waals surface area contributed by atoms with E-state index in [4.69, 9.17) is 21.3 Å². The molecule has 0 amide bonds. The highest BCUT2D eigenvalue weighted by Crippen LogP contribution is 2.39. The molecule has 174 valence electrons. The number of hydrogen-bond donors (Lipinski definition) is 0. The number of benzene rings is 1. The molecule has 5 rings (SSSR count). The molecule has 6 nitrogen and oxygen atoms in total. The van der Waals surface area contributed by atoms with Crippen LogP contribution in [-0.2, 0) is 11.8 Å². The van der Waals surface area contributed by atoms with Crippen molar-refractivity contribution < 1.29 is 9.13 Å². The first-order chi connectivity index (χ1) is 16.3. The average molecular weight is 479 g/mol. The van der Waals surface area contributed by atoms with E-state index in [1.165, 1.54) is 10.6 Å². The van der Waals surface area contributed by atoms with Crippen LogP contribution >= 0.6 is 11.6 Å². The van der Waals surface area contributed by atoms with Gasteiger partial charge in [0.05, 0.1) is 22.7 Å². The zero-order valence-corrected chi connectivity index (χ0v) is 19.9. The van der Waals surface area contributed by atoms with E-state index in [1.807, 2.05) is 31.3 Å². The number of pyridine rings is 2. The molecule has 3 aromatic heterocycles. The summed E-state index contributed by atoms with van der Waals surface area (Å²) < 4.78 is 22.5. The maximum atomic E-state index is 15.0. The van der Waals surface area contributed by atoms with Gasteiger partial charge in [-0.25, -0.2) is 9.37 Å². The van der Waals surface area contributed by atoms with Gasteiger partial charge < -0.3 is 4.74 Å². The molecule has 1 fully saturated rings. The standard InChI is InChI=1S/C26H24ClFN4O2/c1-14-4-5-17(13-29-14)23-10-16(8-9-34-23)21-12-22-24(26(33)32(3)15(2)30-22)25(31-21)19-7-6-18(27)11-20(19)28/h4-7,11-13,16,23H,8-10H2,1-3H3/t16-,23+/m1/s1. The monoisotopic (exact) mass is 478 g/mol. The van der Waals surface area contributed by atoms with Crippen molar-refractivity contribution in [1.82, 2.24) is 19.5 Å². The van der Waals surface area contributed by atoms with Gasteiger partial charge in [0.15, 0.2) is 0 Å². The molecule has 0 aliphatic carbocycles. The Bertz CT molecular complexity index is 1450. The SMILES string of the molecule is Cc1ccc([C@@H]2C[C@H](c3cc4nc(C)n(C)c(=O)c4c(-c4ccc(Cl)cc4F)n3)CCO2)cn1. The van der Waals surface area contributed by atoms with Crippen LogP contribution in [0.2, 0.25) is 5.02 Å². The van der Waals surface area contributed by atoms with Crippen molar-refractivity contribution in [1.29, 1.82) is 0 Å². The van der Waals surface area contributed by atoms with Crippen LogP contribution in [0.5, 0.6) is 0 Å². The maximum absolute atomic E-state index is 15.0. The molecule has 0 saturated carbocycles. The van der Waals surface area contributed by atoms with Crippen LogP contribution in [0.3, 0.4) is 0 Å². The summed E-state index contributed by atoms with van der Waals surface area (Å²) in [5.41, 5.74) is 3.50. The summed E-state index contributed by atoms with van der Waals surface area (Å²) in [7, 11) is 1.65. The van der Waals surface area contributed by atoms with E-state index in [2.05, 4.69) is 9.97 Å². The third-order valence-corrected chi connectivity index (χ3v) is 6.73. The first-order valence-corrected chi connectivity index (χ1v) is 11.6. The number of fused-ring (bicyclic) bond motifs is 1. The minimum absolute atomic E-state index is 0.0599. The summed E-state index contributed by atoms with van der Waals surface area (Å²) in [6.45, 7) is 4.29. The van der Waals surface area contributed by atoms with E-state index >= 15 is 0 Å². The number of aromatic nitrogens is 4. The Kier molecular flexibility index (Phi) is 5.91. The van der Waals surface area contributed by atoms with Gasteiger partial charge in [-0.05, 0) is 62.6 Å². The molecule has 0 radical (unpaired) electrons. The molecule has 1 aliphatic rings. The Hall–Kier alpha value is -3.16. The van der Waals surface area contributed by atoms with E-state index in [0.717, 1.165) is 23.4 Å². The molecule has 1 aliphatic heterocycles. The average Bonchev–Trinajstić information content (AvgIpc) is 2.82. The van der Waals surface area contributed by atoms with E-state index < -0.39 is 5.82 Å². The lowest BCUT2D eigenvalue weighted by molar-refractivity contribution is 0.00448. The minimum atomic E-state index is -0.531. The zero-order valence-electron chi connectivity index (χ0n) is 19.2. The molecule has 4 aromatic rings. The van der Waals surface area contributed by atoms with Gasteiger partial charge in [-0.3, -0.25) is 19.3 Å². The number of nitrogens with zero attached hydrogens (tertiary/aromatic N) is 4. The lowest BCUT2D eigenvalue weighted by atomic mass is 9.89. The fourth-order valence-electron chi connectivity index (χ4n) is 4.47. The molecular formula is C26H24ClFN4O2. The first-order valence-electron chi connectivity index (χ1n) is 11.2. The summed E-state index contributed by atoms with van der Waals surface area (Å²) in [5.74, 6) is 0.106. The second kappa shape index (κ2) is 8.89. The number of hydrogen-bond acceptors (Lipinski definition) is 5. The van der Waals surface area contributed by atoms with Crippen LogP contribution in [0, 0.1) is 19.7 Å². The molecule has 0 N–H and O–H groups in total. The van der Waals surface area contributed by atoms with E-state index in [-0.39, 0.29) is 33.9 Å². The topological polar surface area (TPSA) is 69.9 Å². The van der Waals surface area contributed by atoms with Crippen LogP contribution in [0.25, 0.3) is 22.2 Å². The number of halogens is 2. The van der Waals surface area contributed by atoms with Crippen molar-refractivity contribution in [3.63, 3.8) is 0 Å². The Morgan fingerprint density at radius 1 is 1.15 bits per heavy atom. The second-order valence-electron chi connectivity index (χ2n) is 8.75. The van der Waals surface area contributed by atoms with E-state index in [9.17, 15) is 9.18 Å². The van der Waals surface area contributed by atoms with Gasteiger partial charge in [-0.2, -0.15) is 0 Å². The highest BCUT2D eigenvalue weighted by molar-refractivity contribution is 6.30. The third kappa shape index (κ3) is 4.10. The highest BCUT2D eigenvalue weighted by atomic mass is 35.5. The number of aryl methyl sites for hydroxylation is 2. The molecular weight excluding hydrogens is 455 g/mol. The Morgan fingerprint density at radius 3 is 2.71 bits per heavy atom. The van der Waals surface area contributed by atoms with Gasteiger partial charge in [0, 0.05) is 47.7 Å². The number of ether oxygens (including phenoxy) is 1. The maximum Gasteiger partial charge on any atom is 0.263 e. The Morgan fingerprint density at radius 2 is 1.97 bits per heavy atom. The molecule has 0 spiro atoms. The van der Waals surface area contributed by atoms with Gasteiger partial charge in [0.1, 0.15) is 11.6 Å². The van der Waals surface area contributed by atoms with Gasteiger partial charge in [-0.1, -0.05) is 17.7 Å². The lowest BCUT2D eigenvalue weighted by Crippen LogP contribution is -2.23. The Labute approximate surface area is 201 Å². The van der Waals surface area contributed by atoms with Crippen molar-refractivity contribution in [2.75, 3.05) is 6.61 Å². The van der Waals surface area contributed by atoms with E-state index in [0.29, 0.717) is 29.8 Å². The van der Waals surface area contributed by atoms with Crippen LogP contribution < -0.4 is 5.56 Å². The quantitative estimate of drug-likeness (QED) is 0.392. The summed E-state index contributed by atoms with van der Waals surface area (Å²) in [6, 6.07) is 10.3. The molecule has 1 aromatic carbocycles. The fraction of sp³-hybridized carbons (Fsp3) is 0.308. The molecule has 34 heavy (non-hydrogen) atoms. The van der Waals surface area contributed by atoms with Crippen molar-refractivity contribution in [3.8, 4) is 11.3 Å². The summed E-state index contributed by atoms with van der Waals surface area (Å²) in [4.78, 5) is 27.1. The summed E-state index contributed by atoms with van der Waals surface area (Å²) in [5, 5.41) is 0.576. The van der Waals surface area contributed by atoms with Gasteiger partial charge in [0.2, 0.25) is 0 Å². The van der Waals surface area contributed by atoms with Crippen molar-refractivity contribution >= 4 is 22.5 Å². The smallest absolute Gasteiger partial charge is 0.263 e. The van der Waals surface area contributed by atoms with Crippen molar-refractivity contribution in [3.05, 3.63) is 86.6 Å². The van der Waals surface area contributed by atoms with E-state index in [1.54, 1.807) is 26.1 Å². The molecule has 4 heterocycles. The number of rotatable bonds is 3. The normalized spacial score (nSPS) is 18.4. The van der Waals surface area contributed by atoms with Crippen LogP contribution in [0.4, 0.5) is 4.39 Å². The minimum Gasteiger partial charge on any atom is -0.373 e. The molecule has 0 unspecified atom stereocenters. The van der Waals surface area contributed by atoms with Crippen LogP contribution in [0.15, 0.2) is 47.4 Å². The second-order valence-corrected chi connectivity index (χ2v) is 9.19. The first kappa shape index (κ1) is 22.6. The third-order valence-electron chi connectivity index (χ3n) is 6.50. The molecule has 1 saturated heterocycles. The lowest BCUT2D eigenvalue weighted by Gasteiger charge is -2.30. The van der Waals surface area contributed by atoms with Crippen molar-refractivity contribution in [2.24, 2.45) is 7.05 Å². The summed E-state index contributed by atoms with van der Waals surface area (Å²) >= 11 is 5.98. The Balaban J connectivity index is 1.65. The molecule has 8 heteroatoms. The molecule has 2 atom stereocenters. The van der Waals surface area contributed by atoms with Gasteiger partial charge in [0.25, 0.3) is 5.56 Å². The van der Waals surface area contributed by atoms with Gasteiger partial charge >= 0.3 is 0 Å². The summed E-state index contributed by atoms with van der Waals surface area (Å²) in [6.07, 6.45) is 3.20. The van der Waals surface area contributed by atoms with Crippen LogP contribution in [0.1, 0.15) is 47.6 Å². The predicted octanol–water partition coefficient (Wildman–Crippen LogP) is 5.44. The highest BCUT2D eigenvalue weighted by Gasteiger charge is 2.28. The fourth-order valence-corrected chi connectivity index (χ4v) is 4.63. The van der Waals surface area contributed by atoms with Crippen molar-refractivity contribution in [2.45, 2.75) is 38.7 Å². The zero-order chi connectivity index (χ0) is 24.0. The predicted molar refractivity (Wildman–Crippen MR) is 130 cm³/mol. The van der Waals surface area contributed by atoms with Gasteiger partial charge in [-0.15, -0.1) is 0 Å².